The lowest BCUT2D eigenvalue weighted by molar-refractivity contribution is -0.110. The fraction of sp³-hybridized carbons (Fsp3) is 0. The molecule has 3 rings (SSSR count). The van der Waals surface area contributed by atoms with E-state index < -0.39 is 0 Å². The van der Waals surface area contributed by atoms with Crippen molar-refractivity contribution < 1.29 is 4.79 Å². The van der Waals surface area contributed by atoms with E-state index in [9.17, 15) is 4.79 Å². The first-order valence-electron chi connectivity index (χ1n) is 5.84. The van der Waals surface area contributed by atoms with E-state index in [0.717, 1.165) is 14.8 Å². The van der Waals surface area contributed by atoms with E-state index in [0.29, 0.717) is 16.5 Å². The van der Waals surface area contributed by atoms with E-state index in [1.807, 2.05) is 24.3 Å². The summed E-state index contributed by atoms with van der Waals surface area (Å²) in [5.74, 6) is 0.311. The molecule has 0 atom stereocenters. The topological polar surface area (TPSA) is 54.0 Å². The standard InChI is InChI=1S/C14H9ClIN3O/c15-12-6-5-10-11(14(20)19-13(10)18-12)7-17-9-3-1-8(16)2-4-9/h1-7,17H,(H,18,19,20). The second-order valence-corrected chi connectivity index (χ2v) is 5.83. The molecule has 1 aromatic carbocycles. The molecule has 2 heterocycles. The van der Waals surface area contributed by atoms with Crippen LogP contribution in [-0.4, -0.2) is 10.9 Å². The molecule has 20 heavy (non-hydrogen) atoms. The van der Waals surface area contributed by atoms with Crippen molar-refractivity contribution in [1.82, 2.24) is 4.98 Å². The average Bonchev–Trinajstić information content (AvgIpc) is 2.73. The van der Waals surface area contributed by atoms with Gasteiger partial charge in [-0.15, -0.1) is 0 Å². The van der Waals surface area contributed by atoms with Crippen molar-refractivity contribution in [1.29, 1.82) is 0 Å². The van der Waals surface area contributed by atoms with E-state index in [4.69, 9.17) is 11.6 Å². The molecular formula is C14H9ClIN3O. The quantitative estimate of drug-likeness (QED) is 0.461. The van der Waals surface area contributed by atoms with Gasteiger partial charge < -0.3 is 10.6 Å². The van der Waals surface area contributed by atoms with Gasteiger partial charge in [0.2, 0.25) is 0 Å². The molecule has 6 heteroatoms. The lowest BCUT2D eigenvalue weighted by atomic mass is 10.1. The number of nitrogens with zero attached hydrogens (tertiary/aromatic N) is 1. The van der Waals surface area contributed by atoms with Crippen LogP contribution < -0.4 is 10.6 Å². The summed E-state index contributed by atoms with van der Waals surface area (Å²) in [6.45, 7) is 0. The molecule has 0 aliphatic carbocycles. The molecule has 100 valence electrons. The number of amides is 1. The SMILES string of the molecule is O=C1Nc2nc(Cl)ccc2C1=CNc1ccc(I)cc1. The van der Waals surface area contributed by atoms with Gasteiger partial charge in [0, 0.05) is 21.0 Å². The number of rotatable bonds is 2. The van der Waals surface area contributed by atoms with E-state index >= 15 is 0 Å². The summed E-state index contributed by atoms with van der Waals surface area (Å²) < 4.78 is 1.16. The van der Waals surface area contributed by atoms with E-state index in [2.05, 4.69) is 38.2 Å². The Balaban J connectivity index is 1.89. The average molecular weight is 398 g/mol. The van der Waals surface area contributed by atoms with Crippen molar-refractivity contribution in [3.63, 3.8) is 0 Å². The lowest BCUT2D eigenvalue weighted by Gasteiger charge is -2.02. The second-order valence-electron chi connectivity index (χ2n) is 4.19. The number of hydrogen-bond acceptors (Lipinski definition) is 3. The van der Waals surface area contributed by atoms with Crippen LogP contribution in [0.3, 0.4) is 0 Å². The van der Waals surface area contributed by atoms with Gasteiger partial charge >= 0.3 is 0 Å². The molecule has 0 bridgehead atoms. The zero-order valence-electron chi connectivity index (χ0n) is 10.2. The molecule has 2 N–H and O–H groups in total. The van der Waals surface area contributed by atoms with E-state index in [-0.39, 0.29) is 5.91 Å². The van der Waals surface area contributed by atoms with Gasteiger partial charge in [-0.3, -0.25) is 4.79 Å². The highest BCUT2D eigenvalue weighted by molar-refractivity contribution is 14.1. The highest BCUT2D eigenvalue weighted by atomic mass is 127. The Morgan fingerprint density at radius 3 is 2.70 bits per heavy atom. The highest BCUT2D eigenvalue weighted by Crippen LogP contribution is 2.31. The maximum absolute atomic E-state index is 11.9. The van der Waals surface area contributed by atoms with Gasteiger partial charge in [-0.05, 0) is 59.0 Å². The highest BCUT2D eigenvalue weighted by Gasteiger charge is 2.25. The molecule has 1 aliphatic heterocycles. The first-order valence-corrected chi connectivity index (χ1v) is 7.30. The Labute approximate surface area is 134 Å². The monoisotopic (exact) mass is 397 g/mol. The van der Waals surface area contributed by atoms with Crippen LogP contribution in [0.2, 0.25) is 5.15 Å². The fourth-order valence-corrected chi connectivity index (χ4v) is 2.40. The van der Waals surface area contributed by atoms with Crippen molar-refractivity contribution in [2.24, 2.45) is 0 Å². The summed E-state index contributed by atoms with van der Waals surface area (Å²) >= 11 is 8.05. The molecule has 1 aliphatic rings. The molecule has 0 spiro atoms. The van der Waals surface area contributed by atoms with Crippen molar-refractivity contribution in [2.75, 3.05) is 10.6 Å². The summed E-state index contributed by atoms with van der Waals surface area (Å²) in [6, 6.07) is 11.3. The molecule has 0 saturated carbocycles. The molecule has 1 aromatic heterocycles. The van der Waals surface area contributed by atoms with Crippen LogP contribution in [0, 0.1) is 3.57 Å². The number of fused-ring (bicyclic) bond motifs is 1. The van der Waals surface area contributed by atoms with Gasteiger partial charge in [0.15, 0.2) is 0 Å². The maximum Gasteiger partial charge on any atom is 0.259 e. The number of benzene rings is 1. The van der Waals surface area contributed by atoms with Crippen LogP contribution in [0.5, 0.6) is 0 Å². The zero-order valence-corrected chi connectivity index (χ0v) is 13.1. The first-order chi connectivity index (χ1) is 9.63. The molecule has 0 saturated heterocycles. The van der Waals surface area contributed by atoms with Gasteiger partial charge in [-0.25, -0.2) is 4.98 Å². The molecular weight excluding hydrogens is 389 g/mol. The van der Waals surface area contributed by atoms with Crippen LogP contribution in [0.1, 0.15) is 5.56 Å². The third-order valence-corrected chi connectivity index (χ3v) is 3.79. The summed E-state index contributed by atoms with van der Waals surface area (Å²) in [6.07, 6.45) is 1.68. The van der Waals surface area contributed by atoms with Crippen molar-refractivity contribution >= 4 is 57.2 Å². The number of nitrogens with one attached hydrogen (secondary N) is 2. The number of carbonyl (C=O) groups excluding carboxylic acids is 1. The van der Waals surface area contributed by atoms with Gasteiger partial charge in [0.05, 0.1) is 5.57 Å². The van der Waals surface area contributed by atoms with Crippen LogP contribution in [0.15, 0.2) is 42.6 Å². The predicted octanol–water partition coefficient (Wildman–Crippen LogP) is 3.74. The molecule has 0 unspecified atom stereocenters. The Morgan fingerprint density at radius 2 is 1.95 bits per heavy atom. The number of pyridine rings is 1. The maximum atomic E-state index is 11.9. The molecule has 2 aromatic rings. The predicted molar refractivity (Wildman–Crippen MR) is 88.6 cm³/mol. The number of hydrogen-bond donors (Lipinski definition) is 2. The Kier molecular flexibility index (Phi) is 3.62. The molecule has 1 amide bonds. The summed E-state index contributed by atoms with van der Waals surface area (Å²) in [4.78, 5) is 16.0. The Bertz CT molecular complexity index is 713. The van der Waals surface area contributed by atoms with Gasteiger partial charge in [-0.1, -0.05) is 11.6 Å². The van der Waals surface area contributed by atoms with Crippen LogP contribution in [0.4, 0.5) is 11.5 Å². The molecule has 0 fully saturated rings. The summed E-state index contributed by atoms with van der Waals surface area (Å²) in [5, 5.41) is 6.16. The van der Waals surface area contributed by atoms with Crippen molar-refractivity contribution in [3.8, 4) is 0 Å². The Hall–Kier alpha value is -1.60. The minimum atomic E-state index is -0.187. The van der Waals surface area contributed by atoms with Gasteiger partial charge in [0.25, 0.3) is 5.91 Å². The van der Waals surface area contributed by atoms with E-state index in [1.54, 1.807) is 18.3 Å². The molecule has 0 radical (unpaired) electrons. The number of halogens is 2. The number of carbonyl (C=O) groups is 1. The van der Waals surface area contributed by atoms with Crippen LogP contribution >= 0.6 is 34.2 Å². The normalized spacial score (nSPS) is 15.1. The smallest absolute Gasteiger partial charge is 0.259 e. The number of aromatic nitrogens is 1. The zero-order chi connectivity index (χ0) is 14.1. The van der Waals surface area contributed by atoms with Gasteiger partial charge in [0.1, 0.15) is 11.0 Å². The summed E-state index contributed by atoms with van der Waals surface area (Å²) in [5.41, 5.74) is 2.21. The van der Waals surface area contributed by atoms with Crippen molar-refractivity contribution in [2.45, 2.75) is 0 Å². The third-order valence-electron chi connectivity index (χ3n) is 2.86. The Morgan fingerprint density at radius 1 is 1.20 bits per heavy atom. The fourth-order valence-electron chi connectivity index (χ4n) is 1.89. The first kappa shape index (κ1) is 13.4. The second kappa shape index (κ2) is 5.41. The largest absolute Gasteiger partial charge is 0.361 e. The van der Waals surface area contributed by atoms with Crippen LogP contribution in [0.25, 0.3) is 5.57 Å². The van der Waals surface area contributed by atoms with Crippen LogP contribution in [-0.2, 0) is 4.79 Å². The summed E-state index contributed by atoms with van der Waals surface area (Å²) in [7, 11) is 0. The lowest BCUT2D eigenvalue weighted by Crippen LogP contribution is -2.05. The van der Waals surface area contributed by atoms with E-state index in [1.165, 1.54) is 0 Å². The van der Waals surface area contributed by atoms with Gasteiger partial charge in [-0.2, -0.15) is 0 Å². The minimum Gasteiger partial charge on any atom is -0.361 e. The van der Waals surface area contributed by atoms with Crippen molar-refractivity contribution in [3.05, 3.63) is 56.9 Å². The molecule has 4 nitrogen and oxygen atoms in total. The minimum absolute atomic E-state index is 0.187. The third kappa shape index (κ3) is 2.64. The number of anilines is 2.